The van der Waals surface area contributed by atoms with Crippen LogP contribution in [-0.4, -0.2) is 17.5 Å². The minimum atomic E-state index is -0.298. The SMILES string of the molecule is CC(C)C(CO)C(=O)c1csc2ccccc12. The first-order valence-electron chi connectivity index (χ1n) is 5.76. The lowest BCUT2D eigenvalue weighted by molar-refractivity contribution is 0.0809. The second-order valence-corrected chi connectivity index (χ2v) is 5.45. The molecule has 1 aromatic heterocycles. The van der Waals surface area contributed by atoms with Gasteiger partial charge in [-0.05, 0) is 12.0 Å². The van der Waals surface area contributed by atoms with Crippen LogP contribution >= 0.6 is 11.3 Å². The van der Waals surface area contributed by atoms with E-state index < -0.39 is 0 Å². The summed E-state index contributed by atoms with van der Waals surface area (Å²) in [5.41, 5.74) is 0.748. The van der Waals surface area contributed by atoms with Crippen LogP contribution in [0.15, 0.2) is 29.6 Å². The van der Waals surface area contributed by atoms with Crippen LogP contribution in [0.3, 0.4) is 0 Å². The zero-order valence-corrected chi connectivity index (χ0v) is 10.8. The number of carbonyl (C=O) groups is 1. The molecular weight excluding hydrogens is 232 g/mol. The first kappa shape index (κ1) is 12.3. The van der Waals surface area contributed by atoms with Gasteiger partial charge in [-0.15, -0.1) is 11.3 Å². The van der Waals surface area contributed by atoms with Crippen LogP contribution in [0, 0.1) is 11.8 Å². The third kappa shape index (κ3) is 2.26. The van der Waals surface area contributed by atoms with Gasteiger partial charge in [-0.3, -0.25) is 4.79 Å². The number of hydrogen-bond acceptors (Lipinski definition) is 3. The summed E-state index contributed by atoms with van der Waals surface area (Å²) < 4.78 is 1.12. The normalized spacial score (nSPS) is 13.2. The topological polar surface area (TPSA) is 37.3 Å². The number of aliphatic hydroxyl groups is 1. The second-order valence-electron chi connectivity index (χ2n) is 4.54. The fraction of sp³-hybridized carbons (Fsp3) is 0.357. The summed E-state index contributed by atoms with van der Waals surface area (Å²) in [5.74, 6) is -0.0841. The van der Waals surface area contributed by atoms with Crippen LogP contribution < -0.4 is 0 Å². The number of ketones is 1. The number of aliphatic hydroxyl groups excluding tert-OH is 1. The molecule has 0 aliphatic heterocycles. The number of thiophene rings is 1. The zero-order chi connectivity index (χ0) is 12.4. The Kier molecular flexibility index (Phi) is 3.60. The lowest BCUT2D eigenvalue weighted by Gasteiger charge is -2.16. The number of benzene rings is 1. The van der Waals surface area contributed by atoms with Gasteiger partial charge in [0, 0.05) is 26.9 Å². The molecule has 0 fully saturated rings. The largest absolute Gasteiger partial charge is 0.396 e. The Morgan fingerprint density at radius 3 is 2.71 bits per heavy atom. The van der Waals surface area contributed by atoms with Crippen LogP contribution in [0.5, 0.6) is 0 Å². The van der Waals surface area contributed by atoms with Gasteiger partial charge in [0.1, 0.15) is 0 Å². The van der Waals surface area contributed by atoms with Gasteiger partial charge >= 0.3 is 0 Å². The lowest BCUT2D eigenvalue weighted by atomic mass is 9.88. The van der Waals surface area contributed by atoms with Gasteiger partial charge in [-0.25, -0.2) is 0 Å². The third-order valence-electron chi connectivity index (χ3n) is 3.08. The third-order valence-corrected chi connectivity index (χ3v) is 4.05. The monoisotopic (exact) mass is 248 g/mol. The van der Waals surface area contributed by atoms with Gasteiger partial charge in [0.25, 0.3) is 0 Å². The molecule has 0 bridgehead atoms. The summed E-state index contributed by atoms with van der Waals surface area (Å²) in [6.45, 7) is 3.85. The molecule has 0 radical (unpaired) electrons. The summed E-state index contributed by atoms with van der Waals surface area (Å²) >= 11 is 1.58. The zero-order valence-electron chi connectivity index (χ0n) is 10.0. The summed E-state index contributed by atoms with van der Waals surface area (Å²) in [5, 5.41) is 12.2. The van der Waals surface area contributed by atoms with Gasteiger partial charge in [0.2, 0.25) is 0 Å². The average Bonchev–Trinajstić information content (AvgIpc) is 2.72. The number of rotatable bonds is 4. The predicted octanol–water partition coefficient (Wildman–Crippen LogP) is 3.35. The minimum Gasteiger partial charge on any atom is -0.396 e. The summed E-state index contributed by atoms with van der Waals surface area (Å²) in [6.07, 6.45) is 0. The van der Waals surface area contributed by atoms with Crippen molar-refractivity contribution < 1.29 is 9.90 Å². The van der Waals surface area contributed by atoms with E-state index in [4.69, 9.17) is 0 Å². The summed E-state index contributed by atoms with van der Waals surface area (Å²) in [4.78, 5) is 12.3. The van der Waals surface area contributed by atoms with E-state index in [1.807, 2.05) is 43.5 Å². The summed E-state index contributed by atoms with van der Waals surface area (Å²) in [7, 11) is 0. The Hall–Kier alpha value is -1.19. The number of carbonyl (C=O) groups excluding carboxylic acids is 1. The lowest BCUT2D eigenvalue weighted by Crippen LogP contribution is -2.23. The average molecular weight is 248 g/mol. The van der Waals surface area contributed by atoms with Gasteiger partial charge in [0.15, 0.2) is 5.78 Å². The fourth-order valence-electron chi connectivity index (χ4n) is 1.96. The van der Waals surface area contributed by atoms with E-state index >= 15 is 0 Å². The molecule has 0 spiro atoms. The Morgan fingerprint density at radius 2 is 2.06 bits per heavy atom. The van der Waals surface area contributed by atoms with Crippen molar-refractivity contribution >= 4 is 27.2 Å². The van der Waals surface area contributed by atoms with Gasteiger partial charge in [-0.2, -0.15) is 0 Å². The van der Waals surface area contributed by atoms with Gasteiger partial charge in [-0.1, -0.05) is 32.0 Å². The van der Waals surface area contributed by atoms with Crippen molar-refractivity contribution in [2.24, 2.45) is 11.8 Å². The molecule has 0 saturated carbocycles. The Balaban J connectivity index is 2.43. The predicted molar refractivity (Wildman–Crippen MR) is 71.6 cm³/mol. The summed E-state index contributed by atoms with van der Waals surface area (Å²) in [6, 6.07) is 7.89. The molecule has 2 rings (SSSR count). The van der Waals surface area contributed by atoms with E-state index in [1.54, 1.807) is 11.3 Å². The highest BCUT2D eigenvalue weighted by Crippen LogP contribution is 2.29. The molecule has 1 atom stereocenters. The van der Waals surface area contributed by atoms with E-state index in [0.29, 0.717) is 0 Å². The van der Waals surface area contributed by atoms with Crippen LogP contribution in [0.2, 0.25) is 0 Å². The van der Waals surface area contributed by atoms with Gasteiger partial charge in [0.05, 0.1) is 6.61 Å². The van der Waals surface area contributed by atoms with Crippen molar-refractivity contribution in [3.8, 4) is 0 Å². The Labute approximate surface area is 105 Å². The molecular formula is C14H16O2S. The molecule has 17 heavy (non-hydrogen) atoms. The molecule has 1 N–H and O–H groups in total. The van der Waals surface area contributed by atoms with Crippen molar-refractivity contribution in [2.45, 2.75) is 13.8 Å². The standard InChI is InChI=1S/C14H16O2S/c1-9(2)11(7-15)14(16)12-8-17-13-6-4-3-5-10(12)13/h3-6,8-9,11,15H,7H2,1-2H3. The maximum Gasteiger partial charge on any atom is 0.169 e. The fourth-order valence-corrected chi connectivity index (χ4v) is 2.91. The molecule has 1 aromatic carbocycles. The molecule has 90 valence electrons. The molecule has 3 heteroatoms. The van der Waals surface area contributed by atoms with Crippen molar-refractivity contribution in [3.63, 3.8) is 0 Å². The van der Waals surface area contributed by atoms with Crippen LogP contribution in [0.4, 0.5) is 0 Å². The van der Waals surface area contributed by atoms with Gasteiger partial charge < -0.3 is 5.11 Å². The van der Waals surface area contributed by atoms with E-state index in [1.165, 1.54) is 0 Å². The van der Waals surface area contributed by atoms with E-state index in [2.05, 4.69) is 0 Å². The molecule has 1 unspecified atom stereocenters. The first-order chi connectivity index (χ1) is 8.15. The molecule has 1 heterocycles. The number of Topliss-reactive ketones (excluding diaryl/α,β-unsaturated/α-hetero) is 1. The molecule has 0 saturated heterocycles. The highest BCUT2D eigenvalue weighted by Gasteiger charge is 2.24. The van der Waals surface area contributed by atoms with E-state index in [9.17, 15) is 9.90 Å². The quantitative estimate of drug-likeness (QED) is 0.842. The highest BCUT2D eigenvalue weighted by atomic mass is 32.1. The van der Waals surface area contributed by atoms with Crippen LogP contribution in [-0.2, 0) is 0 Å². The smallest absolute Gasteiger partial charge is 0.169 e. The Bertz CT molecular complexity index is 528. The van der Waals surface area contributed by atoms with E-state index in [0.717, 1.165) is 15.6 Å². The van der Waals surface area contributed by atoms with Crippen LogP contribution in [0.1, 0.15) is 24.2 Å². The molecule has 2 nitrogen and oxygen atoms in total. The van der Waals surface area contributed by atoms with Crippen LogP contribution in [0.25, 0.3) is 10.1 Å². The molecule has 0 amide bonds. The van der Waals surface area contributed by atoms with Crippen molar-refractivity contribution in [2.75, 3.05) is 6.61 Å². The molecule has 0 aliphatic rings. The molecule has 0 aliphatic carbocycles. The minimum absolute atomic E-state index is 0.0555. The molecule has 2 aromatic rings. The maximum atomic E-state index is 12.3. The number of fused-ring (bicyclic) bond motifs is 1. The highest BCUT2D eigenvalue weighted by molar-refractivity contribution is 7.17. The first-order valence-corrected chi connectivity index (χ1v) is 6.64. The maximum absolute atomic E-state index is 12.3. The second kappa shape index (κ2) is 4.98. The van der Waals surface area contributed by atoms with Crippen molar-refractivity contribution in [1.29, 1.82) is 0 Å². The number of hydrogen-bond donors (Lipinski definition) is 1. The van der Waals surface area contributed by atoms with Crippen molar-refractivity contribution in [3.05, 3.63) is 35.2 Å². The van der Waals surface area contributed by atoms with E-state index in [-0.39, 0.29) is 24.2 Å². The Morgan fingerprint density at radius 1 is 1.35 bits per heavy atom. The van der Waals surface area contributed by atoms with Crippen molar-refractivity contribution in [1.82, 2.24) is 0 Å².